The fourth-order valence-corrected chi connectivity index (χ4v) is 2.23. The molecule has 0 amide bonds. The molecule has 0 spiro atoms. The molecule has 0 saturated carbocycles. The van der Waals surface area contributed by atoms with Crippen molar-refractivity contribution < 1.29 is 4.74 Å². The third-order valence-electron chi connectivity index (χ3n) is 3.00. The Labute approximate surface area is 112 Å². The van der Waals surface area contributed by atoms with Gasteiger partial charge in [-0.2, -0.15) is 0 Å². The van der Waals surface area contributed by atoms with Crippen molar-refractivity contribution in [3.63, 3.8) is 0 Å². The average molecular weight is 249 g/mol. The molecule has 0 saturated heterocycles. The van der Waals surface area contributed by atoms with Gasteiger partial charge in [0.2, 0.25) is 0 Å². The van der Waals surface area contributed by atoms with E-state index in [4.69, 9.17) is 4.74 Å². The fraction of sp³-hybridized carbons (Fsp3) is 0.625. The Morgan fingerprint density at radius 3 is 2.39 bits per heavy atom. The lowest BCUT2D eigenvalue weighted by molar-refractivity contribution is 0.237. The summed E-state index contributed by atoms with van der Waals surface area (Å²) in [6, 6.07) is 9.17. The minimum absolute atomic E-state index is 0.214. The monoisotopic (exact) mass is 249 g/mol. The average Bonchev–Trinajstić information content (AvgIpc) is 2.28. The van der Waals surface area contributed by atoms with Gasteiger partial charge in [0.15, 0.2) is 0 Å². The Kier molecular flexibility index (Phi) is 6.20. The van der Waals surface area contributed by atoms with Crippen LogP contribution < -0.4 is 10.1 Å². The van der Waals surface area contributed by atoms with Gasteiger partial charge in [0.25, 0.3) is 0 Å². The van der Waals surface area contributed by atoms with Gasteiger partial charge >= 0.3 is 0 Å². The highest BCUT2D eigenvalue weighted by Crippen LogP contribution is 2.26. The summed E-state index contributed by atoms with van der Waals surface area (Å²) in [5.41, 5.74) is 1.24. The molecule has 2 unspecified atom stereocenters. The Balaban J connectivity index is 2.74. The van der Waals surface area contributed by atoms with Crippen LogP contribution in [0.15, 0.2) is 24.3 Å². The minimum Gasteiger partial charge on any atom is -0.491 e. The Morgan fingerprint density at radius 2 is 1.78 bits per heavy atom. The highest BCUT2D eigenvalue weighted by Gasteiger charge is 2.13. The van der Waals surface area contributed by atoms with Crippen LogP contribution in [0, 0.1) is 0 Å². The Morgan fingerprint density at radius 1 is 1.11 bits per heavy atom. The Hall–Kier alpha value is -1.02. The third-order valence-corrected chi connectivity index (χ3v) is 3.00. The van der Waals surface area contributed by atoms with Crippen LogP contribution in [0.2, 0.25) is 0 Å². The second-order valence-corrected chi connectivity index (χ2v) is 5.28. The van der Waals surface area contributed by atoms with Gasteiger partial charge in [-0.25, -0.2) is 0 Å². The molecule has 1 rings (SSSR count). The summed E-state index contributed by atoms with van der Waals surface area (Å²) in [6.45, 7) is 10.8. The summed E-state index contributed by atoms with van der Waals surface area (Å²) in [5, 5.41) is 3.63. The first kappa shape index (κ1) is 15.0. The molecule has 2 atom stereocenters. The van der Waals surface area contributed by atoms with Crippen molar-refractivity contribution in [1.82, 2.24) is 5.32 Å². The smallest absolute Gasteiger partial charge is 0.124 e. The predicted octanol–water partition coefficient (Wildman–Crippen LogP) is 4.31. The molecule has 0 aliphatic rings. The van der Waals surface area contributed by atoms with E-state index in [0.29, 0.717) is 12.1 Å². The SMILES string of the molecule is CCCC(C)NC(C)c1ccccc1OC(C)C. The third kappa shape index (κ3) is 4.69. The molecule has 1 aromatic carbocycles. The lowest BCUT2D eigenvalue weighted by atomic mass is 10.1. The number of hydrogen-bond donors (Lipinski definition) is 1. The Bertz CT molecular complexity index is 349. The maximum atomic E-state index is 5.87. The van der Waals surface area contributed by atoms with Gasteiger partial charge in [0.1, 0.15) is 5.75 Å². The van der Waals surface area contributed by atoms with Crippen molar-refractivity contribution in [1.29, 1.82) is 0 Å². The van der Waals surface area contributed by atoms with Crippen molar-refractivity contribution in [2.24, 2.45) is 0 Å². The van der Waals surface area contributed by atoms with Crippen LogP contribution in [0.4, 0.5) is 0 Å². The van der Waals surface area contributed by atoms with Gasteiger partial charge in [-0.05, 0) is 40.2 Å². The molecule has 1 N–H and O–H groups in total. The first-order valence-electron chi connectivity index (χ1n) is 7.06. The molecular weight excluding hydrogens is 222 g/mol. The normalized spacial score (nSPS) is 14.6. The summed E-state index contributed by atoms with van der Waals surface area (Å²) in [6.07, 6.45) is 2.63. The van der Waals surface area contributed by atoms with Gasteiger partial charge in [0, 0.05) is 17.6 Å². The van der Waals surface area contributed by atoms with Gasteiger partial charge in [-0.15, -0.1) is 0 Å². The number of para-hydroxylation sites is 1. The zero-order valence-corrected chi connectivity index (χ0v) is 12.4. The van der Waals surface area contributed by atoms with Crippen molar-refractivity contribution in [3.05, 3.63) is 29.8 Å². The van der Waals surface area contributed by atoms with Crippen LogP contribution >= 0.6 is 0 Å². The standard InChI is InChI=1S/C16H27NO/c1-6-9-13(4)17-14(5)15-10-7-8-11-16(15)18-12(2)3/h7-8,10-14,17H,6,9H2,1-5H3. The van der Waals surface area contributed by atoms with E-state index in [1.54, 1.807) is 0 Å². The molecule has 2 heteroatoms. The van der Waals surface area contributed by atoms with E-state index >= 15 is 0 Å². The first-order valence-corrected chi connectivity index (χ1v) is 7.06. The van der Waals surface area contributed by atoms with E-state index in [0.717, 1.165) is 5.75 Å². The number of rotatable bonds is 7. The highest BCUT2D eigenvalue weighted by molar-refractivity contribution is 5.35. The van der Waals surface area contributed by atoms with Crippen molar-refractivity contribution in [2.75, 3.05) is 0 Å². The maximum Gasteiger partial charge on any atom is 0.124 e. The number of ether oxygens (including phenoxy) is 1. The first-order chi connectivity index (χ1) is 8.54. The van der Waals surface area contributed by atoms with Crippen molar-refractivity contribution in [3.8, 4) is 5.75 Å². The van der Waals surface area contributed by atoms with E-state index in [9.17, 15) is 0 Å². The lowest BCUT2D eigenvalue weighted by Crippen LogP contribution is -2.29. The van der Waals surface area contributed by atoms with Crippen molar-refractivity contribution >= 4 is 0 Å². The zero-order chi connectivity index (χ0) is 13.5. The molecule has 0 aliphatic heterocycles. The molecule has 0 heterocycles. The van der Waals surface area contributed by atoms with Gasteiger partial charge in [0.05, 0.1) is 6.10 Å². The quantitative estimate of drug-likeness (QED) is 0.777. The van der Waals surface area contributed by atoms with Crippen LogP contribution in [0.5, 0.6) is 5.75 Å². The molecule has 0 radical (unpaired) electrons. The zero-order valence-electron chi connectivity index (χ0n) is 12.4. The van der Waals surface area contributed by atoms with Crippen LogP contribution in [-0.2, 0) is 0 Å². The van der Waals surface area contributed by atoms with E-state index < -0.39 is 0 Å². The highest BCUT2D eigenvalue weighted by atomic mass is 16.5. The summed E-state index contributed by atoms with van der Waals surface area (Å²) in [5.74, 6) is 0.996. The number of nitrogens with one attached hydrogen (secondary N) is 1. The van der Waals surface area contributed by atoms with Crippen molar-refractivity contribution in [2.45, 2.75) is 65.6 Å². The number of hydrogen-bond acceptors (Lipinski definition) is 2. The van der Waals surface area contributed by atoms with E-state index in [-0.39, 0.29) is 6.10 Å². The van der Waals surface area contributed by atoms with Gasteiger partial charge < -0.3 is 10.1 Å². The summed E-state index contributed by atoms with van der Waals surface area (Å²) in [4.78, 5) is 0. The van der Waals surface area contributed by atoms with E-state index in [1.807, 2.05) is 6.07 Å². The molecule has 0 aliphatic carbocycles. The fourth-order valence-electron chi connectivity index (χ4n) is 2.23. The molecule has 18 heavy (non-hydrogen) atoms. The van der Waals surface area contributed by atoms with Crippen LogP contribution in [0.3, 0.4) is 0 Å². The van der Waals surface area contributed by atoms with Gasteiger partial charge in [-0.1, -0.05) is 31.5 Å². The summed E-state index contributed by atoms with van der Waals surface area (Å²) >= 11 is 0. The van der Waals surface area contributed by atoms with Crippen LogP contribution in [0.25, 0.3) is 0 Å². The molecule has 2 nitrogen and oxygen atoms in total. The minimum atomic E-state index is 0.214. The second kappa shape index (κ2) is 7.42. The maximum absolute atomic E-state index is 5.87. The largest absolute Gasteiger partial charge is 0.491 e. The molecule has 1 aromatic rings. The van der Waals surface area contributed by atoms with E-state index in [1.165, 1.54) is 18.4 Å². The molecule has 102 valence electrons. The van der Waals surface area contributed by atoms with Crippen LogP contribution in [0.1, 0.15) is 59.1 Å². The van der Waals surface area contributed by atoms with E-state index in [2.05, 4.69) is 58.1 Å². The second-order valence-electron chi connectivity index (χ2n) is 5.28. The number of benzene rings is 1. The predicted molar refractivity (Wildman–Crippen MR) is 78.1 cm³/mol. The topological polar surface area (TPSA) is 21.3 Å². The lowest BCUT2D eigenvalue weighted by Gasteiger charge is -2.23. The molecule has 0 aromatic heterocycles. The molecule has 0 bridgehead atoms. The van der Waals surface area contributed by atoms with Gasteiger partial charge in [-0.3, -0.25) is 0 Å². The molecule has 0 fully saturated rings. The molecular formula is C16H27NO. The van der Waals surface area contributed by atoms with Crippen LogP contribution in [-0.4, -0.2) is 12.1 Å². The summed E-state index contributed by atoms with van der Waals surface area (Å²) in [7, 11) is 0. The summed E-state index contributed by atoms with van der Waals surface area (Å²) < 4.78 is 5.87.